The monoisotopic (exact) mass is 530 g/mol. The molecule has 6 heteroatoms. The van der Waals surface area contributed by atoms with Crippen LogP contribution in [0.25, 0.3) is 10.8 Å². The lowest BCUT2D eigenvalue weighted by Crippen LogP contribution is -2.02. The number of rotatable bonds is 12. The molecule has 2 rings (SSSR count). The van der Waals surface area contributed by atoms with Crippen LogP contribution in [-0.4, -0.2) is 26.7 Å². The number of hydrogen-bond acceptors (Lipinski definition) is 4. The van der Waals surface area contributed by atoms with E-state index in [1.165, 1.54) is 16.7 Å². The summed E-state index contributed by atoms with van der Waals surface area (Å²) in [6.07, 6.45) is 11.6. The second-order valence-corrected chi connectivity index (χ2v) is 16.0. The maximum atomic E-state index is 12.7. The largest absolute Gasteiger partial charge is 0.442 e. The van der Waals surface area contributed by atoms with Gasteiger partial charge in [-0.1, -0.05) is 59.2 Å². The number of fused-ring (bicyclic) bond motifs is 1. The molecule has 2 aromatic carbocycles. The Morgan fingerprint density at radius 1 is 0.750 bits per heavy atom. The molecule has 0 aromatic heterocycles. The predicted octanol–water partition coefficient (Wildman–Crippen LogP) is 9.94. The standard InChI is InChI=1S/C30H44O4P2/c1-22(2)14-12-15-23(3)16-13-17-24(4)20-21-26-25(5)29(33-35(6,7)31)27-18-10-11-19-28(27)30(26)34-36(8,9)32/h10-11,14,16,18-20H,12-13,15,17,21H2,1-9H3/b23-16+,24-20+. The van der Waals surface area contributed by atoms with Crippen molar-refractivity contribution >= 4 is 25.5 Å². The van der Waals surface area contributed by atoms with Crippen molar-refractivity contribution < 1.29 is 18.2 Å². The van der Waals surface area contributed by atoms with E-state index in [4.69, 9.17) is 9.05 Å². The fourth-order valence-corrected chi connectivity index (χ4v) is 5.40. The normalized spacial score (nSPS) is 13.1. The average Bonchev–Trinajstić information content (AvgIpc) is 2.74. The van der Waals surface area contributed by atoms with Crippen molar-refractivity contribution in [1.82, 2.24) is 0 Å². The first kappa shape index (κ1) is 30.2. The van der Waals surface area contributed by atoms with Crippen molar-refractivity contribution in [2.24, 2.45) is 0 Å². The van der Waals surface area contributed by atoms with Crippen molar-refractivity contribution in [3.8, 4) is 11.5 Å². The topological polar surface area (TPSA) is 52.6 Å². The third-order valence-corrected chi connectivity index (χ3v) is 7.13. The molecule has 0 fully saturated rings. The summed E-state index contributed by atoms with van der Waals surface area (Å²) in [5, 5.41) is 1.65. The van der Waals surface area contributed by atoms with Gasteiger partial charge in [-0.3, -0.25) is 9.13 Å². The third kappa shape index (κ3) is 9.79. The van der Waals surface area contributed by atoms with E-state index in [9.17, 15) is 9.13 Å². The van der Waals surface area contributed by atoms with Gasteiger partial charge < -0.3 is 9.05 Å². The molecule has 198 valence electrons. The van der Waals surface area contributed by atoms with Gasteiger partial charge in [-0.25, -0.2) is 0 Å². The highest BCUT2D eigenvalue weighted by Crippen LogP contribution is 2.51. The van der Waals surface area contributed by atoms with Crippen LogP contribution in [0.15, 0.2) is 59.2 Å². The van der Waals surface area contributed by atoms with Crippen molar-refractivity contribution in [3.05, 3.63) is 70.3 Å². The number of benzene rings is 2. The third-order valence-electron chi connectivity index (χ3n) is 5.88. The molecule has 0 saturated heterocycles. The minimum absolute atomic E-state index is 0.615. The Labute approximate surface area is 218 Å². The van der Waals surface area contributed by atoms with Gasteiger partial charge in [0, 0.05) is 43.0 Å². The van der Waals surface area contributed by atoms with Crippen molar-refractivity contribution in [3.63, 3.8) is 0 Å². The van der Waals surface area contributed by atoms with Crippen LogP contribution in [0.1, 0.15) is 64.5 Å². The highest BCUT2D eigenvalue weighted by Gasteiger charge is 2.24. The lowest BCUT2D eigenvalue weighted by atomic mass is 9.95. The first-order chi connectivity index (χ1) is 16.7. The van der Waals surface area contributed by atoms with E-state index in [0.717, 1.165) is 47.6 Å². The molecule has 0 heterocycles. The summed E-state index contributed by atoms with van der Waals surface area (Å²) in [5.74, 6) is 1.24. The van der Waals surface area contributed by atoms with Crippen LogP contribution in [0.4, 0.5) is 0 Å². The van der Waals surface area contributed by atoms with Gasteiger partial charge in [-0.15, -0.1) is 0 Å². The minimum Gasteiger partial charge on any atom is -0.442 e. The van der Waals surface area contributed by atoms with E-state index >= 15 is 0 Å². The van der Waals surface area contributed by atoms with Crippen LogP contribution in [0.3, 0.4) is 0 Å². The Morgan fingerprint density at radius 2 is 1.22 bits per heavy atom. The molecule has 0 N–H and O–H groups in total. The van der Waals surface area contributed by atoms with Crippen molar-refractivity contribution in [2.75, 3.05) is 26.7 Å². The Kier molecular flexibility index (Phi) is 10.9. The van der Waals surface area contributed by atoms with E-state index < -0.39 is 14.7 Å². The molecule has 0 bridgehead atoms. The SMILES string of the molecule is CC(C)=CCC/C(C)=C/CC/C(C)=C/Cc1c(C)c(OP(C)(C)=O)c2ccccc2c1OP(C)(C)=O. The average molecular weight is 531 g/mol. The summed E-state index contributed by atoms with van der Waals surface area (Å²) in [6, 6.07) is 7.74. The minimum atomic E-state index is -2.81. The summed E-state index contributed by atoms with van der Waals surface area (Å²) in [6.45, 7) is 17.1. The van der Waals surface area contributed by atoms with Crippen LogP contribution in [0.5, 0.6) is 11.5 Å². The fraction of sp³-hybridized carbons (Fsp3) is 0.467. The van der Waals surface area contributed by atoms with Gasteiger partial charge in [-0.2, -0.15) is 0 Å². The molecule has 0 saturated carbocycles. The van der Waals surface area contributed by atoms with Gasteiger partial charge in [0.25, 0.3) is 0 Å². The summed E-state index contributed by atoms with van der Waals surface area (Å²) in [4.78, 5) is 0. The number of allylic oxidation sites excluding steroid dienone is 6. The van der Waals surface area contributed by atoms with Crippen LogP contribution in [0.2, 0.25) is 0 Å². The van der Waals surface area contributed by atoms with Gasteiger partial charge in [0.2, 0.25) is 14.7 Å². The van der Waals surface area contributed by atoms with E-state index in [-0.39, 0.29) is 0 Å². The Hall–Kier alpha value is -2.02. The molecule has 36 heavy (non-hydrogen) atoms. The summed E-state index contributed by atoms with van der Waals surface area (Å²) >= 11 is 0. The van der Waals surface area contributed by atoms with Gasteiger partial charge in [-0.05, 0) is 72.3 Å². The highest BCUT2D eigenvalue weighted by molar-refractivity contribution is 7.58. The fourth-order valence-electron chi connectivity index (χ4n) is 4.07. The van der Waals surface area contributed by atoms with Gasteiger partial charge in [0.05, 0.1) is 0 Å². The van der Waals surface area contributed by atoms with Crippen LogP contribution < -0.4 is 9.05 Å². The Morgan fingerprint density at radius 3 is 1.75 bits per heavy atom. The first-order valence-corrected chi connectivity index (χ1v) is 17.7. The maximum absolute atomic E-state index is 12.7. The Bertz CT molecular complexity index is 1250. The highest BCUT2D eigenvalue weighted by atomic mass is 31.2. The summed E-state index contributed by atoms with van der Waals surface area (Å²) < 4.78 is 37.5. The summed E-state index contributed by atoms with van der Waals surface area (Å²) in [7, 11) is -5.61. The molecule has 0 amide bonds. The van der Waals surface area contributed by atoms with Gasteiger partial charge in [0.15, 0.2) is 0 Å². The van der Waals surface area contributed by atoms with Crippen LogP contribution >= 0.6 is 14.7 Å². The lowest BCUT2D eigenvalue weighted by Gasteiger charge is -2.23. The molecular weight excluding hydrogens is 486 g/mol. The molecule has 0 spiro atoms. The molecule has 0 atom stereocenters. The molecule has 4 nitrogen and oxygen atoms in total. The molecule has 0 aliphatic heterocycles. The quantitative estimate of drug-likeness (QED) is 0.202. The zero-order valence-corrected chi connectivity index (χ0v) is 25.4. The maximum Gasteiger partial charge on any atom is 0.242 e. The van der Waals surface area contributed by atoms with E-state index in [0.29, 0.717) is 17.9 Å². The number of hydrogen-bond donors (Lipinski definition) is 0. The predicted molar refractivity (Wildman–Crippen MR) is 158 cm³/mol. The second-order valence-electron chi connectivity index (χ2n) is 10.7. The van der Waals surface area contributed by atoms with Crippen molar-refractivity contribution in [2.45, 2.75) is 66.7 Å². The Balaban J connectivity index is 2.39. The van der Waals surface area contributed by atoms with Gasteiger partial charge >= 0.3 is 0 Å². The summed E-state index contributed by atoms with van der Waals surface area (Å²) in [5.41, 5.74) is 5.88. The van der Waals surface area contributed by atoms with E-state index in [1.54, 1.807) is 26.7 Å². The smallest absolute Gasteiger partial charge is 0.242 e. The van der Waals surface area contributed by atoms with Crippen LogP contribution in [-0.2, 0) is 15.6 Å². The molecule has 2 aromatic rings. The molecular formula is C30H44O4P2. The lowest BCUT2D eigenvalue weighted by molar-refractivity contribution is 0.487. The van der Waals surface area contributed by atoms with Gasteiger partial charge in [0.1, 0.15) is 11.5 Å². The zero-order chi connectivity index (χ0) is 27.1. The molecule has 0 radical (unpaired) electrons. The van der Waals surface area contributed by atoms with E-state index in [1.807, 2.05) is 31.2 Å². The zero-order valence-electron chi connectivity index (χ0n) is 23.6. The molecule has 0 unspecified atom stereocenters. The van der Waals surface area contributed by atoms with E-state index in [2.05, 4.69) is 45.9 Å². The molecule has 0 aliphatic rings. The van der Waals surface area contributed by atoms with Crippen LogP contribution in [0, 0.1) is 6.92 Å². The van der Waals surface area contributed by atoms with Crippen molar-refractivity contribution in [1.29, 1.82) is 0 Å². The first-order valence-electron chi connectivity index (χ1n) is 12.7. The molecule has 0 aliphatic carbocycles. The second kappa shape index (κ2) is 13.0.